The largest absolute Gasteiger partial charge is 0.492 e. The predicted octanol–water partition coefficient (Wildman–Crippen LogP) is 1.83. The fourth-order valence-electron chi connectivity index (χ4n) is 2.26. The molecule has 0 bridgehead atoms. The molecular weight excluding hydrogens is 344 g/mol. The molecule has 1 heterocycles. The zero-order chi connectivity index (χ0) is 14.8. The molecule has 2 rings (SSSR count). The van der Waals surface area contributed by atoms with Crippen LogP contribution in [0.4, 0.5) is 0 Å². The van der Waals surface area contributed by atoms with Gasteiger partial charge in [0.05, 0.1) is 6.61 Å². The molecule has 1 aliphatic rings. The van der Waals surface area contributed by atoms with Crippen LogP contribution in [0, 0.1) is 0 Å². The summed E-state index contributed by atoms with van der Waals surface area (Å²) < 4.78 is 33.4. The average molecular weight is 363 g/mol. The summed E-state index contributed by atoms with van der Waals surface area (Å²) in [5.74, 6) is 0.404. The summed E-state index contributed by atoms with van der Waals surface area (Å²) >= 11 is 3.33. The molecule has 1 aliphatic heterocycles. The van der Waals surface area contributed by atoms with E-state index in [1.165, 1.54) is 4.31 Å². The fourth-order valence-corrected chi connectivity index (χ4v) is 4.57. The van der Waals surface area contributed by atoms with Crippen LogP contribution in [0.1, 0.15) is 13.8 Å². The first-order valence-electron chi connectivity index (χ1n) is 6.61. The molecule has 1 saturated heterocycles. The van der Waals surface area contributed by atoms with Gasteiger partial charge in [0.25, 0.3) is 0 Å². The van der Waals surface area contributed by atoms with Crippen LogP contribution in [0.5, 0.6) is 5.75 Å². The van der Waals surface area contributed by atoms with Gasteiger partial charge in [0.2, 0.25) is 10.0 Å². The molecule has 0 aliphatic carbocycles. The minimum Gasteiger partial charge on any atom is -0.492 e. The van der Waals surface area contributed by atoms with E-state index < -0.39 is 10.0 Å². The maximum Gasteiger partial charge on any atom is 0.247 e. The van der Waals surface area contributed by atoms with Gasteiger partial charge in [-0.1, -0.05) is 15.9 Å². The Hall–Kier alpha value is -0.630. The average Bonchev–Trinajstić information content (AvgIpc) is 2.41. The Morgan fingerprint density at radius 2 is 2.25 bits per heavy atom. The lowest BCUT2D eigenvalue weighted by Crippen LogP contribution is -2.52. The molecule has 112 valence electrons. The van der Waals surface area contributed by atoms with E-state index in [0.717, 1.165) is 4.47 Å². The number of rotatable bonds is 4. The molecule has 0 spiro atoms. The van der Waals surface area contributed by atoms with Crippen LogP contribution in [-0.2, 0) is 10.0 Å². The summed E-state index contributed by atoms with van der Waals surface area (Å²) in [6, 6.07) is 5.01. The number of hydrogen-bond acceptors (Lipinski definition) is 4. The van der Waals surface area contributed by atoms with Crippen LogP contribution in [0.2, 0.25) is 0 Å². The van der Waals surface area contributed by atoms with Gasteiger partial charge >= 0.3 is 0 Å². The highest BCUT2D eigenvalue weighted by atomic mass is 79.9. The van der Waals surface area contributed by atoms with Gasteiger partial charge in [-0.3, -0.25) is 0 Å². The van der Waals surface area contributed by atoms with Gasteiger partial charge < -0.3 is 10.1 Å². The molecule has 20 heavy (non-hydrogen) atoms. The number of nitrogens with zero attached hydrogens (tertiary/aromatic N) is 1. The maximum atomic E-state index is 12.8. The lowest BCUT2D eigenvalue weighted by molar-refractivity contribution is 0.280. The van der Waals surface area contributed by atoms with Crippen molar-refractivity contribution in [2.75, 3.05) is 26.2 Å². The Kier molecular flexibility index (Phi) is 5.06. The third kappa shape index (κ3) is 3.16. The molecule has 0 radical (unpaired) electrons. The molecular formula is C13H19BrN2O3S. The van der Waals surface area contributed by atoms with Crippen LogP contribution in [0.25, 0.3) is 0 Å². The van der Waals surface area contributed by atoms with E-state index in [4.69, 9.17) is 4.74 Å². The second kappa shape index (κ2) is 6.43. The Balaban J connectivity index is 2.44. The lowest BCUT2D eigenvalue weighted by Gasteiger charge is -2.33. The second-order valence-corrected chi connectivity index (χ2v) is 7.47. The number of benzene rings is 1. The van der Waals surface area contributed by atoms with Gasteiger partial charge in [-0.2, -0.15) is 4.31 Å². The third-order valence-corrected chi connectivity index (χ3v) is 5.76. The van der Waals surface area contributed by atoms with Gasteiger partial charge in [-0.25, -0.2) is 8.42 Å². The molecule has 1 aromatic rings. The first-order chi connectivity index (χ1) is 9.46. The van der Waals surface area contributed by atoms with Gasteiger partial charge in [0, 0.05) is 30.1 Å². The number of halogens is 1. The summed E-state index contributed by atoms with van der Waals surface area (Å²) in [6.45, 7) is 5.98. The monoisotopic (exact) mass is 362 g/mol. The summed E-state index contributed by atoms with van der Waals surface area (Å²) in [5, 5.41) is 3.19. The summed E-state index contributed by atoms with van der Waals surface area (Å²) in [4.78, 5) is 0.225. The maximum absolute atomic E-state index is 12.8. The fraction of sp³-hybridized carbons (Fsp3) is 0.538. The Labute approximate surface area is 128 Å². The van der Waals surface area contributed by atoms with Crippen molar-refractivity contribution in [2.45, 2.75) is 24.8 Å². The SMILES string of the molecule is CCOc1ccc(Br)cc1S(=O)(=O)N1CCNCC1C. The minimum atomic E-state index is -3.55. The quantitative estimate of drug-likeness (QED) is 0.887. The van der Waals surface area contributed by atoms with Gasteiger partial charge in [0.15, 0.2) is 0 Å². The molecule has 0 amide bonds. The van der Waals surface area contributed by atoms with Crippen molar-refractivity contribution < 1.29 is 13.2 Å². The van der Waals surface area contributed by atoms with Crippen molar-refractivity contribution >= 4 is 26.0 Å². The highest BCUT2D eigenvalue weighted by molar-refractivity contribution is 9.10. The van der Waals surface area contributed by atoms with Crippen molar-refractivity contribution in [3.8, 4) is 5.75 Å². The van der Waals surface area contributed by atoms with Gasteiger partial charge in [-0.05, 0) is 32.0 Å². The third-order valence-electron chi connectivity index (χ3n) is 3.23. The van der Waals surface area contributed by atoms with E-state index in [1.54, 1.807) is 18.2 Å². The molecule has 1 N–H and O–H groups in total. The van der Waals surface area contributed by atoms with Crippen molar-refractivity contribution in [1.29, 1.82) is 0 Å². The van der Waals surface area contributed by atoms with Crippen molar-refractivity contribution in [3.63, 3.8) is 0 Å². The van der Waals surface area contributed by atoms with Crippen LogP contribution >= 0.6 is 15.9 Å². The van der Waals surface area contributed by atoms with Gasteiger partial charge in [0.1, 0.15) is 10.6 Å². The number of nitrogens with one attached hydrogen (secondary N) is 1. The van der Waals surface area contributed by atoms with Crippen LogP contribution in [0.15, 0.2) is 27.6 Å². The summed E-state index contributed by atoms with van der Waals surface area (Å²) in [5.41, 5.74) is 0. The number of piperazine rings is 1. The van der Waals surface area contributed by atoms with E-state index in [2.05, 4.69) is 21.2 Å². The van der Waals surface area contributed by atoms with Crippen LogP contribution < -0.4 is 10.1 Å². The number of sulfonamides is 1. The molecule has 1 atom stereocenters. The van der Waals surface area contributed by atoms with Crippen molar-refractivity contribution in [3.05, 3.63) is 22.7 Å². The zero-order valence-corrected chi connectivity index (χ0v) is 14.0. The molecule has 1 fully saturated rings. The van der Waals surface area contributed by atoms with E-state index in [-0.39, 0.29) is 10.9 Å². The predicted molar refractivity (Wildman–Crippen MR) is 81.5 cm³/mol. The van der Waals surface area contributed by atoms with Crippen molar-refractivity contribution in [1.82, 2.24) is 9.62 Å². The van der Waals surface area contributed by atoms with E-state index >= 15 is 0 Å². The first-order valence-corrected chi connectivity index (χ1v) is 8.85. The van der Waals surface area contributed by atoms with E-state index in [1.807, 2.05) is 13.8 Å². The lowest BCUT2D eigenvalue weighted by atomic mass is 10.3. The zero-order valence-electron chi connectivity index (χ0n) is 11.6. The topological polar surface area (TPSA) is 58.6 Å². The first kappa shape index (κ1) is 15.8. The smallest absolute Gasteiger partial charge is 0.247 e. The highest BCUT2D eigenvalue weighted by Crippen LogP contribution is 2.31. The normalized spacial score (nSPS) is 20.9. The minimum absolute atomic E-state index is 0.0674. The standard InChI is InChI=1S/C13H19BrN2O3S/c1-3-19-12-5-4-11(14)8-13(12)20(17,18)16-7-6-15-9-10(16)2/h4-5,8,10,15H,3,6-7,9H2,1-2H3. The van der Waals surface area contributed by atoms with Gasteiger partial charge in [-0.15, -0.1) is 0 Å². The molecule has 0 aromatic heterocycles. The van der Waals surface area contributed by atoms with Crippen LogP contribution in [-0.4, -0.2) is 45.0 Å². The number of ether oxygens (including phenoxy) is 1. The van der Waals surface area contributed by atoms with E-state index in [9.17, 15) is 8.42 Å². The Morgan fingerprint density at radius 1 is 1.50 bits per heavy atom. The molecule has 0 saturated carbocycles. The second-order valence-electron chi connectivity index (χ2n) is 4.69. The van der Waals surface area contributed by atoms with Crippen LogP contribution in [0.3, 0.4) is 0 Å². The molecule has 1 unspecified atom stereocenters. The highest BCUT2D eigenvalue weighted by Gasteiger charge is 2.33. The number of hydrogen-bond donors (Lipinski definition) is 1. The summed E-state index contributed by atoms with van der Waals surface area (Å²) in [7, 11) is -3.55. The Morgan fingerprint density at radius 3 is 2.90 bits per heavy atom. The molecule has 5 nitrogen and oxygen atoms in total. The van der Waals surface area contributed by atoms with E-state index in [0.29, 0.717) is 32.0 Å². The molecule has 7 heteroatoms. The summed E-state index contributed by atoms with van der Waals surface area (Å²) in [6.07, 6.45) is 0. The Bertz CT molecular complexity index is 577. The van der Waals surface area contributed by atoms with Crippen molar-refractivity contribution in [2.24, 2.45) is 0 Å². The molecule has 1 aromatic carbocycles.